The van der Waals surface area contributed by atoms with Crippen molar-refractivity contribution in [3.63, 3.8) is 0 Å². The minimum atomic E-state index is -0.554. The zero-order valence-corrected chi connectivity index (χ0v) is 12.0. The highest BCUT2D eigenvalue weighted by molar-refractivity contribution is 6.05. The Hall–Kier alpha value is -2.76. The van der Waals surface area contributed by atoms with E-state index in [2.05, 4.69) is 15.3 Å². The lowest BCUT2D eigenvalue weighted by Gasteiger charge is -2.08. The number of benzene rings is 1. The summed E-state index contributed by atoms with van der Waals surface area (Å²) in [5.74, 6) is -0.202. The molecule has 6 heteroatoms. The van der Waals surface area contributed by atoms with Gasteiger partial charge in [0.25, 0.3) is 11.5 Å². The third kappa shape index (κ3) is 3.22. The summed E-state index contributed by atoms with van der Waals surface area (Å²) in [5, 5.41) is 2.60. The summed E-state index contributed by atoms with van der Waals surface area (Å²) in [6.45, 7) is 4.69. The second-order valence-corrected chi connectivity index (χ2v) is 4.70. The molecule has 1 aromatic carbocycles. The minimum Gasteiger partial charge on any atom is -0.322 e. The fraction of sp³-hybridized carbons (Fsp3) is 0.200. The molecular weight excluding hydrogens is 270 g/mol. The van der Waals surface area contributed by atoms with Gasteiger partial charge in [0.15, 0.2) is 5.78 Å². The van der Waals surface area contributed by atoms with E-state index in [0.29, 0.717) is 22.8 Å². The lowest BCUT2D eigenvalue weighted by molar-refractivity contribution is 0.101. The third-order valence-corrected chi connectivity index (χ3v) is 2.97. The zero-order valence-electron chi connectivity index (χ0n) is 12.0. The van der Waals surface area contributed by atoms with E-state index in [0.717, 1.165) is 0 Å². The lowest BCUT2D eigenvalue weighted by Crippen LogP contribution is -2.26. The first-order valence-electron chi connectivity index (χ1n) is 6.38. The molecule has 21 heavy (non-hydrogen) atoms. The number of amides is 1. The van der Waals surface area contributed by atoms with E-state index >= 15 is 0 Å². The minimum absolute atomic E-state index is 0.0335. The van der Waals surface area contributed by atoms with Crippen molar-refractivity contribution in [2.75, 3.05) is 5.32 Å². The smallest absolute Gasteiger partial charge is 0.264 e. The maximum atomic E-state index is 12.2. The number of hydrogen-bond donors (Lipinski definition) is 2. The number of Topliss-reactive ketones (excluding diaryl/α,β-unsaturated/α-hetero) is 1. The molecule has 0 fully saturated rings. The van der Waals surface area contributed by atoms with Crippen molar-refractivity contribution in [3.8, 4) is 0 Å². The molecule has 1 aromatic heterocycles. The molecule has 0 aliphatic carbocycles. The lowest BCUT2D eigenvalue weighted by atomic mass is 10.1. The van der Waals surface area contributed by atoms with Gasteiger partial charge in [0.2, 0.25) is 0 Å². The Morgan fingerprint density at radius 1 is 1.24 bits per heavy atom. The molecule has 0 bridgehead atoms. The maximum Gasteiger partial charge on any atom is 0.264 e. The number of H-pyrrole nitrogens is 1. The first-order chi connectivity index (χ1) is 9.88. The van der Waals surface area contributed by atoms with Gasteiger partial charge in [-0.1, -0.05) is 12.1 Å². The normalized spacial score (nSPS) is 10.2. The Morgan fingerprint density at radius 2 is 1.95 bits per heavy atom. The summed E-state index contributed by atoms with van der Waals surface area (Å²) in [6.07, 6.45) is 0. The molecule has 0 saturated carbocycles. The van der Waals surface area contributed by atoms with E-state index in [9.17, 15) is 14.4 Å². The quantitative estimate of drug-likeness (QED) is 0.842. The number of hydrogen-bond acceptors (Lipinski definition) is 4. The fourth-order valence-electron chi connectivity index (χ4n) is 2.00. The predicted octanol–water partition coefficient (Wildman–Crippen LogP) is 1.84. The van der Waals surface area contributed by atoms with Crippen LogP contribution in [0.3, 0.4) is 0 Å². The standard InChI is InChI=1S/C15H15N3O3/c1-8-13(14(20)17-10(3)16-8)15(21)18-12-6-4-5-11(7-12)9(2)19/h4-7H,1-3H3,(H,18,21)(H,16,17,20). The van der Waals surface area contributed by atoms with Crippen LogP contribution in [0.4, 0.5) is 5.69 Å². The second-order valence-electron chi connectivity index (χ2n) is 4.70. The number of aromatic nitrogens is 2. The number of carbonyl (C=O) groups is 2. The molecule has 0 aliphatic rings. The Bertz CT molecular complexity index is 778. The van der Waals surface area contributed by atoms with Gasteiger partial charge in [-0.05, 0) is 32.9 Å². The predicted molar refractivity (Wildman–Crippen MR) is 78.7 cm³/mol. The average Bonchev–Trinajstić information content (AvgIpc) is 2.37. The van der Waals surface area contributed by atoms with Gasteiger partial charge >= 0.3 is 0 Å². The van der Waals surface area contributed by atoms with Gasteiger partial charge in [0.05, 0.1) is 5.69 Å². The number of ketones is 1. The van der Waals surface area contributed by atoms with Gasteiger partial charge in [0, 0.05) is 11.3 Å². The van der Waals surface area contributed by atoms with E-state index in [1.54, 1.807) is 38.1 Å². The van der Waals surface area contributed by atoms with Crippen LogP contribution < -0.4 is 10.9 Å². The molecular formula is C15H15N3O3. The highest BCUT2D eigenvalue weighted by Gasteiger charge is 2.16. The third-order valence-electron chi connectivity index (χ3n) is 2.97. The van der Waals surface area contributed by atoms with Crippen molar-refractivity contribution in [2.45, 2.75) is 20.8 Å². The summed E-state index contributed by atoms with van der Waals surface area (Å²) in [5.41, 5.74) is 0.776. The molecule has 0 atom stereocenters. The van der Waals surface area contributed by atoms with Gasteiger partial charge in [-0.25, -0.2) is 4.98 Å². The van der Waals surface area contributed by atoms with E-state index in [4.69, 9.17) is 0 Å². The van der Waals surface area contributed by atoms with Crippen LogP contribution in [-0.4, -0.2) is 21.7 Å². The molecule has 1 heterocycles. The van der Waals surface area contributed by atoms with Crippen LogP contribution in [-0.2, 0) is 0 Å². The summed E-state index contributed by atoms with van der Waals surface area (Å²) < 4.78 is 0. The largest absolute Gasteiger partial charge is 0.322 e. The monoisotopic (exact) mass is 285 g/mol. The second kappa shape index (κ2) is 5.70. The molecule has 0 aliphatic heterocycles. The van der Waals surface area contributed by atoms with Crippen LogP contribution in [0, 0.1) is 13.8 Å². The number of anilines is 1. The van der Waals surface area contributed by atoms with Gasteiger partial charge in [-0.2, -0.15) is 0 Å². The number of nitrogens with zero attached hydrogens (tertiary/aromatic N) is 1. The highest BCUT2D eigenvalue weighted by Crippen LogP contribution is 2.12. The molecule has 0 saturated heterocycles. The molecule has 0 radical (unpaired) electrons. The molecule has 1 amide bonds. The molecule has 2 aromatic rings. The van der Waals surface area contributed by atoms with Crippen molar-refractivity contribution in [3.05, 3.63) is 57.3 Å². The van der Waals surface area contributed by atoms with Gasteiger partial charge in [0.1, 0.15) is 11.4 Å². The van der Waals surface area contributed by atoms with Crippen molar-refractivity contribution >= 4 is 17.4 Å². The SMILES string of the molecule is CC(=O)c1cccc(NC(=O)c2c(C)nc(C)[nH]c2=O)c1. The van der Waals surface area contributed by atoms with Gasteiger partial charge in [-0.3, -0.25) is 14.4 Å². The Labute approximate surface area is 121 Å². The molecule has 6 nitrogen and oxygen atoms in total. The Balaban J connectivity index is 2.33. The number of aromatic amines is 1. The molecule has 2 rings (SSSR count). The van der Waals surface area contributed by atoms with E-state index in [1.807, 2.05) is 0 Å². The first-order valence-corrected chi connectivity index (χ1v) is 6.38. The van der Waals surface area contributed by atoms with E-state index in [-0.39, 0.29) is 11.3 Å². The molecule has 2 N–H and O–H groups in total. The van der Waals surface area contributed by atoms with Crippen molar-refractivity contribution in [1.82, 2.24) is 9.97 Å². The number of aryl methyl sites for hydroxylation is 2. The van der Waals surface area contributed by atoms with Crippen molar-refractivity contribution < 1.29 is 9.59 Å². The first kappa shape index (κ1) is 14.6. The molecule has 0 unspecified atom stereocenters. The van der Waals surface area contributed by atoms with Crippen LogP contribution >= 0.6 is 0 Å². The van der Waals surface area contributed by atoms with Crippen LogP contribution in [0.15, 0.2) is 29.1 Å². The topological polar surface area (TPSA) is 91.9 Å². The van der Waals surface area contributed by atoms with Crippen LogP contribution in [0.1, 0.15) is 39.2 Å². The van der Waals surface area contributed by atoms with Crippen LogP contribution in [0.2, 0.25) is 0 Å². The van der Waals surface area contributed by atoms with Crippen LogP contribution in [0.25, 0.3) is 0 Å². The average molecular weight is 285 g/mol. The summed E-state index contributed by atoms with van der Waals surface area (Å²) in [7, 11) is 0. The van der Waals surface area contributed by atoms with E-state index < -0.39 is 11.5 Å². The van der Waals surface area contributed by atoms with Gasteiger partial charge < -0.3 is 10.3 Å². The molecule has 0 spiro atoms. The summed E-state index contributed by atoms with van der Waals surface area (Å²) in [4.78, 5) is 41.9. The molecule has 108 valence electrons. The van der Waals surface area contributed by atoms with Crippen molar-refractivity contribution in [2.24, 2.45) is 0 Å². The number of rotatable bonds is 3. The summed E-state index contributed by atoms with van der Waals surface area (Å²) in [6, 6.07) is 6.53. The zero-order chi connectivity index (χ0) is 15.6. The summed E-state index contributed by atoms with van der Waals surface area (Å²) >= 11 is 0. The Morgan fingerprint density at radius 3 is 2.57 bits per heavy atom. The number of nitrogens with one attached hydrogen (secondary N) is 2. The number of carbonyl (C=O) groups excluding carboxylic acids is 2. The van der Waals surface area contributed by atoms with Crippen molar-refractivity contribution in [1.29, 1.82) is 0 Å². The Kier molecular flexibility index (Phi) is 3.98. The highest BCUT2D eigenvalue weighted by atomic mass is 16.2. The maximum absolute atomic E-state index is 12.2. The van der Waals surface area contributed by atoms with Gasteiger partial charge in [-0.15, -0.1) is 0 Å². The fourth-order valence-corrected chi connectivity index (χ4v) is 2.00. The van der Waals surface area contributed by atoms with Crippen LogP contribution in [0.5, 0.6) is 0 Å². The van der Waals surface area contributed by atoms with E-state index in [1.165, 1.54) is 6.92 Å².